The zero-order chi connectivity index (χ0) is 14.4. The number of hydrogen-bond donors (Lipinski definition) is 2. The molecule has 0 aromatic rings. The molecule has 0 unspecified atom stereocenters. The summed E-state index contributed by atoms with van der Waals surface area (Å²) in [7, 11) is 0. The first kappa shape index (κ1) is 16.6. The molecule has 4 bridgehead atoms. The summed E-state index contributed by atoms with van der Waals surface area (Å²) in [6.45, 7) is 5.43. The summed E-state index contributed by atoms with van der Waals surface area (Å²) in [5.74, 6) is 4.08. The van der Waals surface area contributed by atoms with Crippen molar-refractivity contribution in [3.05, 3.63) is 0 Å². The van der Waals surface area contributed by atoms with Crippen LogP contribution in [0.3, 0.4) is 0 Å². The zero-order valence-electron chi connectivity index (χ0n) is 13.8. The van der Waals surface area contributed by atoms with Crippen molar-refractivity contribution in [3.63, 3.8) is 0 Å². The molecule has 1 saturated heterocycles. The Balaban J connectivity index is 0.00000144. The Bertz CT molecular complexity index is 391. The van der Waals surface area contributed by atoms with Crippen molar-refractivity contribution in [3.8, 4) is 0 Å². The Hall–Kier alpha value is -0.280. The summed E-state index contributed by atoms with van der Waals surface area (Å²) in [6, 6.07) is 0. The molecule has 1 heterocycles. The predicted octanol–water partition coefficient (Wildman–Crippen LogP) is 2.99. The molecule has 2 N–H and O–H groups in total. The van der Waals surface area contributed by atoms with E-state index >= 15 is 0 Å². The Kier molecular flexibility index (Phi) is 4.76. The van der Waals surface area contributed by atoms with Gasteiger partial charge in [0.25, 0.3) is 0 Å². The molecule has 0 atom stereocenters. The fourth-order valence-electron chi connectivity index (χ4n) is 5.98. The maximum Gasteiger partial charge on any atom is 0.223 e. The van der Waals surface area contributed by atoms with Gasteiger partial charge in [-0.25, -0.2) is 0 Å². The first-order valence-corrected chi connectivity index (χ1v) is 9.11. The highest BCUT2D eigenvalue weighted by Gasteiger charge is 2.50. The molecule has 4 aliphatic carbocycles. The van der Waals surface area contributed by atoms with Gasteiger partial charge in [-0.05, 0) is 87.1 Å². The third kappa shape index (κ3) is 3.03. The van der Waals surface area contributed by atoms with Gasteiger partial charge >= 0.3 is 0 Å². The number of carbonyl (C=O) groups excluding carboxylic acids is 1. The quantitative estimate of drug-likeness (QED) is 0.837. The van der Waals surface area contributed by atoms with Gasteiger partial charge in [-0.3, -0.25) is 4.79 Å². The Labute approximate surface area is 140 Å². The maximum atomic E-state index is 12.8. The second kappa shape index (κ2) is 6.32. The summed E-state index contributed by atoms with van der Waals surface area (Å²) >= 11 is 0. The molecule has 126 valence electrons. The highest BCUT2D eigenvalue weighted by Crippen LogP contribution is 2.56. The van der Waals surface area contributed by atoms with Crippen LogP contribution in [0.4, 0.5) is 0 Å². The third-order valence-electron chi connectivity index (χ3n) is 7.03. The molecule has 4 heteroatoms. The van der Waals surface area contributed by atoms with Crippen LogP contribution in [0.1, 0.15) is 51.9 Å². The molecule has 0 aromatic heterocycles. The van der Waals surface area contributed by atoms with Gasteiger partial charge in [0.1, 0.15) is 0 Å². The summed E-state index contributed by atoms with van der Waals surface area (Å²) in [5.41, 5.74) is 0.312. The monoisotopic (exact) mass is 326 g/mol. The van der Waals surface area contributed by atoms with Crippen molar-refractivity contribution in [2.24, 2.45) is 35.0 Å². The predicted molar refractivity (Wildman–Crippen MR) is 91.0 cm³/mol. The lowest BCUT2D eigenvalue weighted by Gasteiger charge is -2.53. The lowest BCUT2D eigenvalue weighted by molar-refractivity contribution is -0.138. The summed E-state index contributed by atoms with van der Waals surface area (Å²) in [6.07, 6.45) is 9.20. The van der Waals surface area contributed by atoms with E-state index in [1.807, 2.05) is 0 Å². The van der Waals surface area contributed by atoms with E-state index < -0.39 is 0 Å². The van der Waals surface area contributed by atoms with Gasteiger partial charge < -0.3 is 10.6 Å². The first-order valence-electron chi connectivity index (χ1n) is 9.11. The standard InChI is InChI=1S/C18H30N2O.ClH/c1-18(2-4-19-5-3-18)11-20-17(21)16-14-7-12-6-13(9-14)10-15(16)8-12;/h12-16,19H,2-11H2,1H3,(H,20,21);1H. The van der Waals surface area contributed by atoms with Gasteiger partial charge in [-0.15, -0.1) is 12.4 Å². The summed E-state index contributed by atoms with van der Waals surface area (Å²) in [5, 5.41) is 6.77. The second-order valence-electron chi connectivity index (χ2n) is 8.73. The molecule has 0 radical (unpaired) electrons. The molecule has 5 aliphatic rings. The molecular weight excluding hydrogens is 296 g/mol. The minimum atomic E-state index is 0. The van der Waals surface area contributed by atoms with Crippen LogP contribution in [-0.2, 0) is 4.79 Å². The molecule has 5 rings (SSSR count). The Morgan fingerprint density at radius 3 is 2.14 bits per heavy atom. The van der Waals surface area contributed by atoms with Crippen molar-refractivity contribution in [2.45, 2.75) is 51.9 Å². The molecule has 4 saturated carbocycles. The van der Waals surface area contributed by atoms with Gasteiger partial charge in [0, 0.05) is 12.5 Å². The molecule has 0 aromatic carbocycles. The van der Waals surface area contributed by atoms with Crippen LogP contribution in [-0.4, -0.2) is 25.5 Å². The Morgan fingerprint density at radius 2 is 1.59 bits per heavy atom. The highest BCUT2D eigenvalue weighted by molar-refractivity contribution is 5.85. The van der Waals surface area contributed by atoms with Crippen LogP contribution >= 0.6 is 12.4 Å². The van der Waals surface area contributed by atoms with E-state index in [4.69, 9.17) is 0 Å². The van der Waals surface area contributed by atoms with Crippen LogP contribution in [0.5, 0.6) is 0 Å². The number of rotatable bonds is 3. The van der Waals surface area contributed by atoms with E-state index in [-0.39, 0.29) is 12.4 Å². The zero-order valence-corrected chi connectivity index (χ0v) is 14.6. The van der Waals surface area contributed by atoms with Gasteiger partial charge in [-0.2, -0.15) is 0 Å². The lowest BCUT2D eigenvalue weighted by Crippen LogP contribution is -2.52. The van der Waals surface area contributed by atoms with E-state index in [9.17, 15) is 4.79 Å². The van der Waals surface area contributed by atoms with Crippen molar-refractivity contribution < 1.29 is 4.79 Å². The minimum absolute atomic E-state index is 0. The summed E-state index contributed by atoms with van der Waals surface area (Å²) < 4.78 is 0. The van der Waals surface area contributed by atoms with Crippen LogP contribution in [0.25, 0.3) is 0 Å². The van der Waals surface area contributed by atoms with Crippen molar-refractivity contribution in [2.75, 3.05) is 19.6 Å². The van der Waals surface area contributed by atoms with Crippen LogP contribution in [0.15, 0.2) is 0 Å². The number of halogens is 1. The minimum Gasteiger partial charge on any atom is -0.355 e. The van der Waals surface area contributed by atoms with Gasteiger partial charge in [0.05, 0.1) is 0 Å². The van der Waals surface area contributed by atoms with E-state index in [0.717, 1.165) is 31.5 Å². The van der Waals surface area contributed by atoms with Crippen molar-refractivity contribution >= 4 is 18.3 Å². The molecule has 3 nitrogen and oxygen atoms in total. The largest absolute Gasteiger partial charge is 0.355 e. The number of piperidine rings is 1. The topological polar surface area (TPSA) is 41.1 Å². The molecular formula is C18H31ClN2O. The van der Waals surface area contributed by atoms with Crippen LogP contribution in [0, 0.1) is 35.0 Å². The summed E-state index contributed by atoms with van der Waals surface area (Å²) in [4.78, 5) is 12.8. The molecule has 0 spiro atoms. The van der Waals surface area contributed by atoms with Gasteiger partial charge in [0.2, 0.25) is 5.91 Å². The lowest BCUT2D eigenvalue weighted by atomic mass is 9.51. The average molecular weight is 327 g/mol. The molecule has 5 fully saturated rings. The normalized spacial score (nSPS) is 41.8. The second-order valence-corrected chi connectivity index (χ2v) is 8.73. The Morgan fingerprint density at radius 1 is 1.05 bits per heavy atom. The fourth-order valence-corrected chi connectivity index (χ4v) is 5.98. The number of amides is 1. The highest BCUT2D eigenvalue weighted by atomic mass is 35.5. The number of hydrogen-bond acceptors (Lipinski definition) is 2. The van der Waals surface area contributed by atoms with E-state index in [1.54, 1.807) is 0 Å². The molecule has 1 amide bonds. The van der Waals surface area contributed by atoms with E-state index in [2.05, 4.69) is 17.6 Å². The van der Waals surface area contributed by atoms with Crippen LogP contribution in [0.2, 0.25) is 0 Å². The maximum absolute atomic E-state index is 12.8. The van der Waals surface area contributed by atoms with E-state index in [1.165, 1.54) is 44.9 Å². The van der Waals surface area contributed by atoms with Crippen molar-refractivity contribution in [1.29, 1.82) is 0 Å². The molecule has 1 aliphatic heterocycles. The fraction of sp³-hybridized carbons (Fsp3) is 0.944. The van der Waals surface area contributed by atoms with Gasteiger partial charge in [0.15, 0.2) is 0 Å². The van der Waals surface area contributed by atoms with Crippen molar-refractivity contribution in [1.82, 2.24) is 10.6 Å². The van der Waals surface area contributed by atoms with Crippen LogP contribution < -0.4 is 10.6 Å². The third-order valence-corrected chi connectivity index (χ3v) is 7.03. The van der Waals surface area contributed by atoms with E-state index in [0.29, 0.717) is 29.1 Å². The van der Waals surface area contributed by atoms with Gasteiger partial charge in [-0.1, -0.05) is 6.92 Å². The molecule has 22 heavy (non-hydrogen) atoms. The number of carbonyl (C=O) groups is 1. The average Bonchev–Trinajstić information content (AvgIpc) is 2.45. The smallest absolute Gasteiger partial charge is 0.223 e. The first-order chi connectivity index (χ1) is 10.1. The number of nitrogens with one attached hydrogen (secondary N) is 2. The SMILES string of the molecule is CC1(CNC(=O)C2C3CC4CC(C3)CC2C4)CCNCC1.Cl.